The molecule has 0 fully saturated rings. The highest BCUT2D eigenvalue weighted by molar-refractivity contribution is 7.22. The van der Waals surface area contributed by atoms with Gasteiger partial charge in [0.15, 0.2) is 11.7 Å². The van der Waals surface area contributed by atoms with E-state index < -0.39 is 5.92 Å². The number of nitrogens with zero attached hydrogens (tertiary/aromatic N) is 3. The van der Waals surface area contributed by atoms with Gasteiger partial charge in [0.05, 0.1) is 26.0 Å². The molecule has 0 amide bonds. The van der Waals surface area contributed by atoms with Gasteiger partial charge in [0.25, 0.3) is 0 Å². The number of thiophene rings is 1. The largest absolute Gasteiger partial charge is 0.291 e. The number of Topliss-reactive ketones (excluding diaryl/α,β-unsaturated/α-hetero) is 1. The van der Waals surface area contributed by atoms with Crippen molar-refractivity contribution in [2.45, 2.75) is 5.92 Å². The molecule has 122 valence electrons. The Morgan fingerprint density at radius 1 is 1.28 bits per heavy atom. The SMILES string of the molecule is N#CC(C(=O)c1cnc(-c2cccs2)s1)c1nc2cc(Cl)ccc2s1. The van der Waals surface area contributed by atoms with Crippen LogP contribution in [0.5, 0.6) is 0 Å². The molecule has 0 aliphatic carbocycles. The van der Waals surface area contributed by atoms with Crippen LogP contribution in [0.4, 0.5) is 0 Å². The first kappa shape index (κ1) is 16.4. The van der Waals surface area contributed by atoms with E-state index in [1.165, 1.54) is 28.9 Å². The maximum Gasteiger partial charge on any atom is 0.198 e. The van der Waals surface area contributed by atoms with E-state index in [4.69, 9.17) is 11.6 Å². The molecule has 0 saturated heterocycles. The van der Waals surface area contributed by atoms with Gasteiger partial charge in [-0.05, 0) is 29.6 Å². The van der Waals surface area contributed by atoms with Crippen LogP contribution in [0.3, 0.4) is 0 Å². The molecule has 1 aromatic carbocycles. The van der Waals surface area contributed by atoms with Crippen molar-refractivity contribution >= 4 is 61.6 Å². The highest BCUT2D eigenvalue weighted by Gasteiger charge is 2.27. The summed E-state index contributed by atoms with van der Waals surface area (Å²) in [4.78, 5) is 23.0. The average Bonchev–Trinajstić information content (AvgIpc) is 3.34. The zero-order valence-corrected chi connectivity index (χ0v) is 15.7. The number of ketones is 1. The van der Waals surface area contributed by atoms with Gasteiger partial charge >= 0.3 is 0 Å². The maximum atomic E-state index is 12.8. The zero-order valence-electron chi connectivity index (χ0n) is 12.5. The molecule has 0 radical (unpaired) electrons. The first-order chi connectivity index (χ1) is 12.2. The van der Waals surface area contributed by atoms with Crippen LogP contribution in [-0.4, -0.2) is 15.8 Å². The van der Waals surface area contributed by atoms with Crippen molar-refractivity contribution in [2.75, 3.05) is 0 Å². The lowest BCUT2D eigenvalue weighted by Crippen LogP contribution is -2.09. The summed E-state index contributed by atoms with van der Waals surface area (Å²) < 4.78 is 0.899. The number of hydrogen-bond acceptors (Lipinski definition) is 7. The Kier molecular flexibility index (Phi) is 4.36. The first-order valence-corrected chi connectivity index (χ1v) is 10.0. The van der Waals surface area contributed by atoms with Crippen molar-refractivity contribution in [1.29, 1.82) is 5.26 Å². The molecular weight excluding hydrogens is 394 g/mol. The second kappa shape index (κ2) is 6.65. The summed E-state index contributed by atoms with van der Waals surface area (Å²) in [6, 6.07) is 11.3. The Morgan fingerprint density at radius 2 is 2.16 bits per heavy atom. The van der Waals surface area contributed by atoms with Crippen LogP contribution in [0.1, 0.15) is 20.6 Å². The topological polar surface area (TPSA) is 66.6 Å². The molecule has 3 heterocycles. The van der Waals surface area contributed by atoms with Gasteiger partial charge in [-0.25, -0.2) is 9.97 Å². The molecule has 0 N–H and O–H groups in total. The number of nitriles is 1. The molecule has 0 aliphatic heterocycles. The highest BCUT2D eigenvalue weighted by Crippen LogP contribution is 2.34. The van der Waals surface area contributed by atoms with E-state index in [0.29, 0.717) is 20.4 Å². The molecule has 4 rings (SSSR count). The predicted octanol–water partition coefficient (Wildman–Crippen LogP) is 5.62. The smallest absolute Gasteiger partial charge is 0.198 e. The second-order valence-corrected chi connectivity index (χ2v) is 8.57. The van der Waals surface area contributed by atoms with Crippen molar-refractivity contribution in [1.82, 2.24) is 9.97 Å². The monoisotopic (exact) mass is 401 g/mol. The molecule has 0 saturated carbocycles. The summed E-state index contributed by atoms with van der Waals surface area (Å²) in [5.41, 5.74) is 0.698. The average molecular weight is 402 g/mol. The molecule has 4 nitrogen and oxygen atoms in total. The summed E-state index contributed by atoms with van der Waals surface area (Å²) in [6.45, 7) is 0. The number of fused-ring (bicyclic) bond motifs is 1. The standard InChI is InChI=1S/C17H8ClN3OS3/c18-9-3-4-12-11(6-9)21-16(24-12)10(7-19)15(22)14-8-20-17(25-14)13-2-1-5-23-13/h1-6,8,10H. The fourth-order valence-electron chi connectivity index (χ4n) is 2.31. The third kappa shape index (κ3) is 3.10. The van der Waals surface area contributed by atoms with Crippen molar-refractivity contribution in [3.63, 3.8) is 0 Å². The highest BCUT2D eigenvalue weighted by atomic mass is 35.5. The van der Waals surface area contributed by atoms with Crippen molar-refractivity contribution < 1.29 is 4.79 Å². The lowest BCUT2D eigenvalue weighted by Gasteiger charge is -2.01. The van der Waals surface area contributed by atoms with E-state index in [-0.39, 0.29) is 5.78 Å². The van der Waals surface area contributed by atoms with Crippen LogP contribution in [0, 0.1) is 11.3 Å². The number of thiazole rings is 2. The molecule has 8 heteroatoms. The molecule has 0 spiro atoms. The second-order valence-electron chi connectivity index (χ2n) is 5.10. The lowest BCUT2D eigenvalue weighted by molar-refractivity contribution is 0.0982. The Labute approximate surface area is 160 Å². The van der Waals surface area contributed by atoms with E-state index in [9.17, 15) is 10.1 Å². The van der Waals surface area contributed by atoms with Crippen LogP contribution in [0.2, 0.25) is 5.02 Å². The molecule has 4 aromatic rings. The summed E-state index contributed by atoms with van der Waals surface area (Å²) >= 11 is 10.2. The third-order valence-corrected chi connectivity index (χ3v) is 6.87. The van der Waals surface area contributed by atoms with Crippen LogP contribution in [0.25, 0.3) is 20.1 Å². The van der Waals surface area contributed by atoms with Crippen molar-refractivity contribution in [2.24, 2.45) is 0 Å². The predicted molar refractivity (Wildman–Crippen MR) is 103 cm³/mol. The Balaban J connectivity index is 1.68. The van der Waals surface area contributed by atoms with Gasteiger partial charge in [0.1, 0.15) is 10.0 Å². The van der Waals surface area contributed by atoms with Gasteiger partial charge in [0, 0.05) is 11.2 Å². The minimum atomic E-state index is -0.937. The molecule has 1 unspecified atom stereocenters. The van der Waals surface area contributed by atoms with Gasteiger partial charge in [-0.15, -0.1) is 34.0 Å². The number of hydrogen-bond donors (Lipinski definition) is 0. The molecular formula is C17H8ClN3OS3. The van der Waals surface area contributed by atoms with Crippen LogP contribution in [0.15, 0.2) is 41.9 Å². The minimum absolute atomic E-state index is 0.270. The molecule has 0 bridgehead atoms. The number of aromatic nitrogens is 2. The number of carbonyl (C=O) groups is 1. The van der Waals surface area contributed by atoms with E-state index >= 15 is 0 Å². The van der Waals surface area contributed by atoms with E-state index in [1.807, 2.05) is 23.6 Å². The van der Waals surface area contributed by atoms with Gasteiger partial charge in [-0.2, -0.15) is 5.26 Å². The van der Waals surface area contributed by atoms with Gasteiger partial charge in [-0.1, -0.05) is 17.7 Å². The van der Waals surface area contributed by atoms with Crippen LogP contribution < -0.4 is 0 Å². The molecule has 25 heavy (non-hydrogen) atoms. The maximum absolute atomic E-state index is 12.8. The van der Waals surface area contributed by atoms with Gasteiger partial charge in [-0.3, -0.25) is 4.79 Å². The van der Waals surface area contributed by atoms with E-state index in [0.717, 1.165) is 14.6 Å². The number of benzene rings is 1. The first-order valence-electron chi connectivity index (χ1n) is 7.15. The minimum Gasteiger partial charge on any atom is -0.291 e. The number of rotatable bonds is 4. The summed E-state index contributed by atoms with van der Waals surface area (Å²) in [6.07, 6.45) is 1.54. The fraction of sp³-hybridized carbons (Fsp3) is 0.0588. The fourth-order valence-corrected chi connectivity index (χ4v) is 5.16. The lowest BCUT2D eigenvalue weighted by atomic mass is 10.1. The van der Waals surface area contributed by atoms with E-state index in [1.54, 1.807) is 23.5 Å². The van der Waals surface area contributed by atoms with Crippen molar-refractivity contribution in [3.8, 4) is 16.0 Å². The molecule has 0 aliphatic rings. The Bertz CT molecular complexity index is 1110. The van der Waals surface area contributed by atoms with Gasteiger partial charge < -0.3 is 0 Å². The van der Waals surface area contributed by atoms with Crippen molar-refractivity contribution in [3.05, 3.63) is 56.8 Å². The number of carbonyl (C=O) groups excluding carboxylic acids is 1. The van der Waals surface area contributed by atoms with E-state index in [2.05, 4.69) is 16.0 Å². The quantitative estimate of drug-likeness (QED) is 0.416. The summed E-state index contributed by atoms with van der Waals surface area (Å²) in [5.74, 6) is -1.21. The number of halogens is 1. The summed E-state index contributed by atoms with van der Waals surface area (Å²) in [5, 5.41) is 13.3. The molecule has 1 atom stereocenters. The Morgan fingerprint density at radius 3 is 2.92 bits per heavy atom. The third-order valence-electron chi connectivity index (χ3n) is 3.48. The van der Waals surface area contributed by atoms with Crippen LogP contribution in [-0.2, 0) is 0 Å². The van der Waals surface area contributed by atoms with Gasteiger partial charge in [0.2, 0.25) is 0 Å². The Hall–Kier alpha value is -2.11. The zero-order chi connectivity index (χ0) is 17.4. The van der Waals surface area contributed by atoms with Crippen LogP contribution >= 0.6 is 45.6 Å². The normalized spacial score (nSPS) is 12.2. The molecule has 3 aromatic heterocycles. The summed E-state index contributed by atoms with van der Waals surface area (Å²) in [7, 11) is 0.